The maximum Gasteiger partial charge on any atom is 0.294 e. The molecule has 0 spiro atoms. The van der Waals surface area contributed by atoms with Crippen molar-refractivity contribution >= 4 is 21.2 Å². The van der Waals surface area contributed by atoms with E-state index in [4.69, 9.17) is 9.29 Å². The summed E-state index contributed by atoms with van der Waals surface area (Å²) in [4.78, 5) is 7.22. The molecule has 0 fully saturated rings. The molecule has 7 heteroatoms. The van der Waals surface area contributed by atoms with Gasteiger partial charge in [-0.25, -0.2) is 0 Å². The van der Waals surface area contributed by atoms with E-state index in [1.807, 2.05) is 24.3 Å². The number of benzene rings is 1. The molecule has 6 nitrogen and oxygen atoms in total. The molecule has 1 heterocycles. The van der Waals surface area contributed by atoms with Crippen LogP contribution in [0, 0.1) is 0 Å². The fourth-order valence-corrected chi connectivity index (χ4v) is 2.12. The van der Waals surface area contributed by atoms with Gasteiger partial charge in [-0.15, -0.1) is 0 Å². The van der Waals surface area contributed by atoms with E-state index in [1.165, 1.54) is 0 Å². The second-order valence-electron chi connectivity index (χ2n) is 3.90. The van der Waals surface area contributed by atoms with E-state index in [-0.39, 0.29) is 5.75 Å². The third-order valence-corrected chi connectivity index (χ3v) is 3.21. The predicted molar refractivity (Wildman–Crippen MR) is 67.2 cm³/mol. The lowest BCUT2D eigenvalue weighted by molar-refractivity contribution is 0.289. The van der Waals surface area contributed by atoms with Crippen LogP contribution in [-0.4, -0.2) is 35.3 Å². The molecular formula is C11H14N2O4S. The van der Waals surface area contributed by atoms with Crippen molar-refractivity contribution in [3.63, 3.8) is 0 Å². The fourth-order valence-electron chi connectivity index (χ4n) is 1.55. The number of rotatable bonds is 6. The van der Waals surface area contributed by atoms with Crippen molar-refractivity contribution in [2.45, 2.75) is 12.8 Å². The highest BCUT2D eigenvalue weighted by atomic mass is 32.2. The maximum atomic E-state index is 10.5. The van der Waals surface area contributed by atoms with E-state index in [1.54, 1.807) is 0 Å². The van der Waals surface area contributed by atoms with Crippen molar-refractivity contribution < 1.29 is 17.7 Å². The lowest BCUT2D eigenvalue weighted by Gasteiger charge is -2.01. The molecule has 0 aliphatic heterocycles. The number of H-pyrrole nitrogens is 1. The van der Waals surface area contributed by atoms with Gasteiger partial charge in [-0.3, -0.25) is 4.55 Å². The second-order valence-corrected chi connectivity index (χ2v) is 5.47. The molecule has 2 N–H and O–H groups in total. The third kappa shape index (κ3) is 3.71. The highest BCUT2D eigenvalue weighted by Crippen LogP contribution is 2.14. The van der Waals surface area contributed by atoms with Gasteiger partial charge in [0.15, 0.2) is 0 Å². The highest BCUT2D eigenvalue weighted by Gasteiger charge is 2.05. The SMILES string of the molecule is O=S(=O)(O)CCCCOc1nc2ccccc2[nH]1. The Bertz CT molecular complexity index is 588. The van der Waals surface area contributed by atoms with Crippen LogP contribution in [0.3, 0.4) is 0 Å². The van der Waals surface area contributed by atoms with Crippen molar-refractivity contribution in [1.82, 2.24) is 9.97 Å². The molecule has 0 aliphatic rings. The zero-order valence-corrected chi connectivity index (χ0v) is 10.5. The lowest BCUT2D eigenvalue weighted by atomic mass is 10.3. The molecule has 0 saturated carbocycles. The number of imidazole rings is 1. The Morgan fingerprint density at radius 2 is 2.06 bits per heavy atom. The molecule has 18 heavy (non-hydrogen) atoms. The quantitative estimate of drug-likeness (QED) is 0.614. The first-order valence-electron chi connectivity index (χ1n) is 5.57. The van der Waals surface area contributed by atoms with E-state index in [0.29, 0.717) is 25.5 Å². The molecule has 0 amide bonds. The normalized spacial score (nSPS) is 11.8. The molecule has 98 valence electrons. The van der Waals surface area contributed by atoms with Crippen LogP contribution >= 0.6 is 0 Å². The first-order chi connectivity index (χ1) is 8.54. The first kappa shape index (κ1) is 12.8. The minimum absolute atomic E-state index is 0.240. The number of hydrogen-bond acceptors (Lipinski definition) is 4. The average Bonchev–Trinajstić information content (AvgIpc) is 2.69. The average molecular weight is 270 g/mol. The Labute approximate surface area is 105 Å². The van der Waals surface area contributed by atoms with Gasteiger partial charge in [0, 0.05) is 0 Å². The third-order valence-electron chi connectivity index (χ3n) is 2.40. The number of ether oxygens (including phenoxy) is 1. The summed E-state index contributed by atoms with van der Waals surface area (Å²) >= 11 is 0. The number of fused-ring (bicyclic) bond motifs is 1. The molecule has 1 aromatic heterocycles. The predicted octanol–water partition coefficient (Wildman–Crippen LogP) is 1.61. The summed E-state index contributed by atoms with van der Waals surface area (Å²) in [6.45, 7) is 0.356. The summed E-state index contributed by atoms with van der Waals surface area (Å²) in [5.41, 5.74) is 1.72. The van der Waals surface area contributed by atoms with Crippen LogP contribution in [0.1, 0.15) is 12.8 Å². The smallest absolute Gasteiger partial charge is 0.294 e. The molecule has 0 unspecified atom stereocenters. The zero-order chi connectivity index (χ0) is 13.0. The van der Waals surface area contributed by atoms with Crippen LogP contribution in [0.25, 0.3) is 11.0 Å². The summed E-state index contributed by atoms with van der Waals surface area (Å²) in [5.74, 6) is -0.240. The second kappa shape index (κ2) is 5.36. The van der Waals surface area contributed by atoms with Gasteiger partial charge < -0.3 is 9.72 Å². The number of unbranched alkanes of at least 4 members (excludes halogenated alkanes) is 1. The lowest BCUT2D eigenvalue weighted by Crippen LogP contribution is -2.06. The summed E-state index contributed by atoms with van der Waals surface area (Å²) in [7, 11) is -3.87. The van der Waals surface area contributed by atoms with Gasteiger partial charge in [0.2, 0.25) is 0 Å². The number of nitrogens with one attached hydrogen (secondary N) is 1. The van der Waals surface area contributed by atoms with Crippen molar-refractivity contribution in [2.24, 2.45) is 0 Å². The standard InChI is InChI=1S/C11H14N2O4S/c14-18(15,16)8-4-3-7-17-11-12-9-5-1-2-6-10(9)13-11/h1-2,5-6H,3-4,7-8H2,(H,12,13)(H,14,15,16). The van der Waals surface area contributed by atoms with Crippen LogP contribution in [-0.2, 0) is 10.1 Å². The van der Waals surface area contributed by atoms with E-state index in [2.05, 4.69) is 9.97 Å². The van der Waals surface area contributed by atoms with Crippen molar-refractivity contribution in [2.75, 3.05) is 12.4 Å². The number of para-hydroxylation sites is 2. The monoisotopic (exact) mass is 270 g/mol. The fraction of sp³-hybridized carbons (Fsp3) is 0.364. The first-order valence-corrected chi connectivity index (χ1v) is 7.18. The zero-order valence-electron chi connectivity index (χ0n) is 9.67. The number of aromatic amines is 1. The topological polar surface area (TPSA) is 92.3 Å². The van der Waals surface area contributed by atoms with Gasteiger partial charge in [-0.2, -0.15) is 13.4 Å². The Kier molecular flexibility index (Phi) is 3.83. The van der Waals surface area contributed by atoms with Crippen LogP contribution in [0.2, 0.25) is 0 Å². The molecule has 0 saturated heterocycles. The maximum absolute atomic E-state index is 10.5. The summed E-state index contributed by atoms with van der Waals surface area (Å²) < 4.78 is 34.9. The molecule has 0 aliphatic carbocycles. The van der Waals surface area contributed by atoms with Gasteiger partial charge in [0.25, 0.3) is 16.1 Å². The molecule has 2 aromatic rings. The van der Waals surface area contributed by atoms with Gasteiger partial charge in [-0.1, -0.05) is 12.1 Å². The summed E-state index contributed by atoms with van der Waals surface area (Å²) in [5, 5.41) is 0. The van der Waals surface area contributed by atoms with E-state index < -0.39 is 10.1 Å². The highest BCUT2D eigenvalue weighted by molar-refractivity contribution is 7.85. The van der Waals surface area contributed by atoms with Gasteiger partial charge >= 0.3 is 0 Å². The van der Waals surface area contributed by atoms with E-state index in [9.17, 15) is 8.42 Å². The molecule has 0 atom stereocenters. The molecule has 2 rings (SSSR count). The van der Waals surface area contributed by atoms with Crippen molar-refractivity contribution in [3.05, 3.63) is 24.3 Å². The van der Waals surface area contributed by atoms with Crippen LogP contribution in [0.15, 0.2) is 24.3 Å². The largest absolute Gasteiger partial charge is 0.465 e. The van der Waals surface area contributed by atoms with Gasteiger partial charge in [0.1, 0.15) is 0 Å². The van der Waals surface area contributed by atoms with Crippen molar-refractivity contribution in [3.8, 4) is 6.01 Å². The molecule has 1 aromatic carbocycles. The Morgan fingerprint density at radius 3 is 2.78 bits per heavy atom. The minimum Gasteiger partial charge on any atom is -0.465 e. The van der Waals surface area contributed by atoms with Crippen LogP contribution < -0.4 is 4.74 Å². The molecular weight excluding hydrogens is 256 g/mol. The molecule has 0 bridgehead atoms. The number of hydrogen-bond donors (Lipinski definition) is 2. The van der Waals surface area contributed by atoms with E-state index >= 15 is 0 Å². The van der Waals surface area contributed by atoms with E-state index in [0.717, 1.165) is 11.0 Å². The Balaban J connectivity index is 1.80. The van der Waals surface area contributed by atoms with Gasteiger partial charge in [0.05, 0.1) is 23.4 Å². The van der Waals surface area contributed by atoms with Crippen LogP contribution in [0.5, 0.6) is 6.01 Å². The molecule has 0 radical (unpaired) electrons. The van der Waals surface area contributed by atoms with Gasteiger partial charge in [-0.05, 0) is 25.0 Å². The number of nitrogens with zero attached hydrogens (tertiary/aromatic N) is 1. The number of aromatic nitrogens is 2. The summed E-state index contributed by atoms with van der Waals surface area (Å²) in [6.07, 6.45) is 0.899. The van der Waals surface area contributed by atoms with Crippen molar-refractivity contribution in [1.29, 1.82) is 0 Å². The summed E-state index contributed by atoms with van der Waals surface area (Å²) in [6, 6.07) is 7.98. The Morgan fingerprint density at radius 1 is 1.28 bits per heavy atom. The Hall–Kier alpha value is -1.60. The minimum atomic E-state index is -3.87. The van der Waals surface area contributed by atoms with Crippen LogP contribution in [0.4, 0.5) is 0 Å².